The lowest BCUT2D eigenvalue weighted by molar-refractivity contribution is 0.121. The Morgan fingerprint density at radius 1 is 1.17 bits per heavy atom. The highest BCUT2D eigenvalue weighted by atomic mass is 127. The van der Waals surface area contributed by atoms with Crippen LogP contribution >= 0.6 is 24.0 Å². The number of nitrogens with zero attached hydrogens (tertiary/aromatic N) is 3. The molecule has 9 heteroatoms. The first-order valence-electron chi connectivity index (χ1n) is 10.5. The highest BCUT2D eigenvalue weighted by molar-refractivity contribution is 14.0. The zero-order chi connectivity index (χ0) is 20.6. The van der Waals surface area contributed by atoms with E-state index < -0.39 is 11.6 Å². The third-order valence-electron chi connectivity index (χ3n) is 5.88. The number of rotatable bonds is 7. The molecule has 0 aliphatic carbocycles. The molecule has 0 spiro atoms. The van der Waals surface area contributed by atoms with Crippen molar-refractivity contribution in [3.05, 3.63) is 29.8 Å². The average molecular weight is 537 g/mol. The van der Waals surface area contributed by atoms with E-state index in [1.54, 1.807) is 19.1 Å². The van der Waals surface area contributed by atoms with Gasteiger partial charge in [0.1, 0.15) is 17.3 Å². The number of benzene rings is 1. The summed E-state index contributed by atoms with van der Waals surface area (Å²) < 4.78 is 33.2. The molecule has 2 aliphatic rings. The van der Waals surface area contributed by atoms with Gasteiger partial charge in [-0.05, 0) is 50.4 Å². The number of halogens is 3. The molecular formula is C21H34F2IN5O. The number of likely N-dealkylation sites (tertiary alicyclic amines) is 1. The number of hydrogen-bond donors (Lipinski definition) is 2. The lowest BCUT2D eigenvalue weighted by atomic mass is 9.97. The predicted octanol–water partition coefficient (Wildman–Crippen LogP) is 2.68. The van der Waals surface area contributed by atoms with Crippen LogP contribution in [0.25, 0.3) is 0 Å². The number of ether oxygens (including phenoxy) is 1. The minimum Gasteiger partial charge on any atom is -0.383 e. The summed E-state index contributed by atoms with van der Waals surface area (Å²) in [4.78, 5) is 8.54. The average Bonchev–Trinajstić information content (AvgIpc) is 3.18. The van der Waals surface area contributed by atoms with Crippen LogP contribution in [0.15, 0.2) is 23.2 Å². The molecule has 30 heavy (non-hydrogen) atoms. The Morgan fingerprint density at radius 3 is 2.50 bits per heavy atom. The Morgan fingerprint density at radius 2 is 1.87 bits per heavy atom. The Kier molecular flexibility index (Phi) is 10.5. The zero-order valence-corrected chi connectivity index (χ0v) is 20.2. The molecule has 2 N–H and O–H groups in total. The fourth-order valence-corrected chi connectivity index (χ4v) is 4.14. The summed E-state index contributed by atoms with van der Waals surface area (Å²) in [6.07, 6.45) is 3.14. The van der Waals surface area contributed by atoms with Crippen LogP contribution in [0.1, 0.15) is 19.3 Å². The van der Waals surface area contributed by atoms with Crippen molar-refractivity contribution in [2.24, 2.45) is 10.9 Å². The second kappa shape index (κ2) is 12.6. The fraction of sp³-hybridized carbons (Fsp3) is 0.667. The second-order valence-electron chi connectivity index (χ2n) is 7.88. The van der Waals surface area contributed by atoms with Crippen LogP contribution < -0.4 is 15.5 Å². The van der Waals surface area contributed by atoms with Crippen LogP contribution in [-0.4, -0.2) is 76.9 Å². The molecule has 1 aromatic carbocycles. The van der Waals surface area contributed by atoms with Gasteiger partial charge in [-0.1, -0.05) is 6.07 Å². The summed E-state index contributed by atoms with van der Waals surface area (Å²) in [6, 6.07) is 4.12. The maximum absolute atomic E-state index is 14.0. The molecule has 0 amide bonds. The number of anilines is 1. The number of aliphatic imine (C=N–C) groups is 1. The SMILES string of the molecule is CN=C(NCC1CCN(CCOC)CC1)NC1CCN(c2c(F)cccc2F)C1.I. The third kappa shape index (κ3) is 6.91. The number of guanidine groups is 1. The standard InChI is InChI=1S/C21H33F2N5O.HI/c1-24-21(25-14-16-6-9-27(10-7-16)12-13-29-2)26-17-8-11-28(15-17)20-18(22)4-3-5-19(20)23;/h3-5,16-17H,6-15H2,1-2H3,(H2,24,25,26);1H. The number of methoxy groups -OCH3 is 1. The second-order valence-corrected chi connectivity index (χ2v) is 7.88. The van der Waals surface area contributed by atoms with Gasteiger partial charge in [-0.3, -0.25) is 4.99 Å². The van der Waals surface area contributed by atoms with E-state index in [2.05, 4.69) is 20.5 Å². The Labute approximate surface area is 195 Å². The molecule has 1 atom stereocenters. The van der Waals surface area contributed by atoms with Crippen LogP contribution in [0, 0.1) is 17.6 Å². The molecule has 170 valence electrons. The van der Waals surface area contributed by atoms with Crippen molar-refractivity contribution in [3.63, 3.8) is 0 Å². The predicted molar refractivity (Wildman–Crippen MR) is 128 cm³/mol. The van der Waals surface area contributed by atoms with Crippen molar-refractivity contribution in [1.29, 1.82) is 0 Å². The molecule has 0 aromatic heterocycles. The lowest BCUT2D eigenvalue weighted by Crippen LogP contribution is -2.47. The van der Waals surface area contributed by atoms with E-state index in [0.29, 0.717) is 19.0 Å². The molecular weight excluding hydrogens is 503 g/mol. The molecule has 0 radical (unpaired) electrons. The van der Waals surface area contributed by atoms with E-state index >= 15 is 0 Å². The van der Waals surface area contributed by atoms with Gasteiger partial charge < -0.3 is 25.2 Å². The molecule has 1 aromatic rings. The maximum Gasteiger partial charge on any atom is 0.191 e. The Hall–Kier alpha value is -1.20. The van der Waals surface area contributed by atoms with E-state index in [0.717, 1.165) is 58.0 Å². The zero-order valence-electron chi connectivity index (χ0n) is 17.9. The molecule has 0 saturated carbocycles. The van der Waals surface area contributed by atoms with Crippen molar-refractivity contribution < 1.29 is 13.5 Å². The quantitative estimate of drug-likeness (QED) is 0.319. The number of hydrogen-bond acceptors (Lipinski definition) is 4. The number of para-hydroxylation sites is 1. The van der Waals surface area contributed by atoms with E-state index in [-0.39, 0.29) is 35.7 Å². The van der Waals surface area contributed by atoms with Gasteiger partial charge in [-0.15, -0.1) is 24.0 Å². The smallest absolute Gasteiger partial charge is 0.191 e. The normalized spacial score (nSPS) is 20.9. The van der Waals surface area contributed by atoms with Crippen molar-refractivity contribution >= 4 is 35.6 Å². The maximum atomic E-state index is 14.0. The van der Waals surface area contributed by atoms with E-state index in [9.17, 15) is 8.78 Å². The minimum absolute atomic E-state index is 0. The molecule has 0 bridgehead atoms. The largest absolute Gasteiger partial charge is 0.383 e. The van der Waals surface area contributed by atoms with Crippen LogP contribution in [0.5, 0.6) is 0 Å². The number of piperidine rings is 1. The van der Waals surface area contributed by atoms with Gasteiger partial charge in [0.05, 0.1) is 6.61 Å². The summed E-state index contributed by atoms with van der Waals surface area (Å²) in [6.45, 7) is 6.05. The van der Waals surface area contributed by atoms with E-state index in [1.165, 1.54) is 18.2 Å². The fourth-order valence-electron chi connectivity index (χ4n) is 4.14. The van der Waals surface area contributed by atoms with Crippen molar-refractivity contribution in [1.82, 2.24) is 15.5 Å². The number of nitrogens with one attached hydrogen (secondary N) is 2. The highest BCUT2D eigenvalue weighted by Crippen LogP contribution is 2.26. The van der Waals surface area contributed by atoms with Crippen molar-refractivity contribution in [3.8, 4) is 0 Å². The Bertz CT molecular complexity index is 665. The topological polar surface area (TPSA) is 52.1 Å². The monoisotopic (exact) mass is 537 g/mol. The van der Waals surface area contributed by atoms with Gasteiger partial charge in [0.15, 0.2) is 5.96 Å². The molecule has 2 heterocycles. The first-order chi connectivity index (χ1) is 14.1. The van der Waals surface area contributed by atoms with Crippen LogP contribution in [-0.2, 0) is 4.74 Å². The molecule has 2 saturated heterocycles. The van der Waals surface area contributed by atoms with Gasteiger partial charge in [-0.2, -0.15) is 0 Å². The van der Waals surface area contributed by atoms with Gasteiger partial charge in [-0.25, -0.2) is 8.78 Å². The van der Waals surface area contributed by atoms with Crippen LogP contribution in [0.2, 0.25) is 0 Å². The van der Waals surface area contributed by atoms with E-state index in [1.807, 2.05) is 0 Å². The third-order valence-corrected chi connectivity index (χ3v) is 5.88. The summed E-state index contributed by atoms with van der Waals surface area (Å²) in [7, 11) is 3.50. The summed E-state index contributed by atoms with van der Waals surface area (Å²) >= 11 is 0. The Balaban J connectivity index is 0.00000320. The van der Waals surface area contributed by atoms with Gasteiger partial charge in [0, 0.05) is 46.4 Å². The van der Waals surface area contributed by atoms with Crippen LogP contribution in [0.3, 0.4) is 0 Å². The minimum atomic E-state index is -0.509. The van der Waals surface area contributed by atoms with Crippen molar-refractivity contribution in [2.45, 2.75) is 25.3 Å². The summed E-state index contributed by atoms with van der Waals surface area (Å²) in [5.74, 6) is 0.364. The molecule has 6 nitrogen and oxygen atoms in total. The van der Waals surface area contributed by atoms with Gasteiger partial charge in [0.25, 0.3) is 0 Å². The molecule has 3 rings (SSSR count). The summed E-state index contributed by atoms with van der Waals surface area (Å²) in [5.41, 5.74) is 0.0694. The van der Waals surface area contributed by atoms with Gasteiger partial charge >= 0.3 is 0 Å². The highest BCUT2D eigenvalue weighted by Gasteiger charge is 2.27. The van der Waals surface area contributed by atoms with Gasteiger partial charge in [0.2, 0.25) is 0 Å². The summed E-state index contributed by atoms with van der Waals surface area (Å²) in [5, 5.41) is 6.84. The molecule has 2 aliphatic heterocycles. The molecule has 1 unspecified atom stereocenters. The van der Waals surface area contributed by atoms with Crippen molar-refractivity contribution in [2.75, 3.05) is 64.9 Å². The molecule has 2 fully saturated rings. The first kappa shape index (κ1) is 25.1. The van der Waals surface area contributed by atoms with E-state index in [4.69, 9.17) is 4.74 Å². The van der Waals surface area contributed by atoms with Crippen LogP contribution in [0.4, 0.5) is 14.5 Å². The first-order valence-corrected chi connectivity index (χ1v) is 10.5. The lowest BCUT2D eigenvalue weighted by Gasteiger charge is -2.32.